The lowest BCUT2D eigenvalue weighted by molar-refractivity contribution is -0.148. The number of anilines is 1. The van der Waals surface area contributed by atoms with Gasteiger partial charge in [0, 0.05) is 81.8 Å². The number of esters is 1. The van der Waals surface area contributed by atoms with Crippen LogP contribution in [0.25, 0.3) is 10.9 Å². The molecule has 1 aliphatic carbocycles. The molecular formula is C41H56N4O6. The number of para-hydroxylation sites is 1. The van der Waals surface area contributed by atoms with Crippen LogP contribution in [0.5, 0.6) is 0 Å². The number of ether oxygens (including phenoxy) is 3. The van der Waals surface area contributed by atoms with Crippen LogP contribution in [0, 0.1) is 11.8 Å². The Morgan fingerprint density at radius 3 is 2.41 bits per heavy atom. The number of methoxy groups -OCH3 is 1. The molecule has 2 aliphatic heterocycles. The molecule has 1 aromatic heterocycles. The molecule has 0 bridgehead atoms. The second-order valence-corrected chi connectivity index (χ2v) is 15.4. The van der Waals surface area contributed by atoms with Crippen LogP contribution >= 0.6 is 0 Å². The van der Waals surface area contributed by atoms with Crippen LogP contribution in [0.3, 0.4) is 0 Å². The van der Waals surface area contributed by atoms with Gasteiger partial charge in [0.1, 0.15) is 5.60 Å². The fourth-order valence-electron chi connectivity index (χ4n) is 7.86. The number of nitrogens with zero attached hydrogens (tertiary/aromatic N) is 4. The van der Waals surface area contributed by atoms with E-state index in [9.17, 15) is 14.4 Å². The Hall–Kier alpha value is -4.05. The number of hydrogen-bond acceptors (Lipinski definition) is 7. The van der Waals surface area contributed by atoms with E-state index in [0.717, 1.165) is 68.6 Å². The van der Waals surface area contributed by atoms with E-state index in [1.165, 1.54) is 10.9 Å². The maximum atomic E-state index is 15.0. The second kappa shape index (κ2) is 16.1. The summed E-state index contributed by atoms with van der Waals surface area (Å²) in [6.45, 7) is 12.4. The molecule has 0 unspecified atom stereocenters. The van der Waals surface area contributed by atoms with Gasteiger partial charge in [-0.1, -0.05) is 30.3 Å². The molecule has 10 nitrogen and oxygen atoms in total. The highest BCUT2D eigenvalue weighted by Crippen LogP contribution is 2.40. The monoisotopic (exact) mass is 700 g/mol. The smallest absolute Gasteiger partial charge is 0.410 e. The molecule has 51 heavy (non-hydrogen) atoms. The van der Waals surface area contributed by atoms with Crippen molar-refractivity contribution in [3.63, 3.8) is 0 Å². The molecule has 0 N–H and O–H groups in total. The molecular weight excluding hydrogens is 644 g/mol. The van der Waals surface area contributed by atoms with Crippen molar-refractivity contribution in [3.8, 4) is 0 Å². The van der Waals surface area contributed by atoms with E-state index in [-0.39, 0.29) is 35.8 Å². The Morgan fingerprint density at radius 2 is 1.71 bits per heavy atom. The first kappa shape index (κ1) is 36.7. The van der Waals surface area contributed by atoms with Gasteiger partial charge in [-0.05, 0) is 101 Å². The first-order chi connectivity index (χ1) is 24.6. The lowest BCUT2D eigenvalue weighted by atomic mass is 9.79. The van der Waals surface area contributed by atoms with Crippen LogP contribution in [0.4, 0.5) is 10.5 Å². The van der Waals surface area contributed by atoms with E-state index >= 15 is 0 Å². The molecule has 2 amide bonds. The Kier molecular flexibility index (Phi) is 11.6. The van der Waals surface area contributed by atoms with E-state index in [0.29, 0.717) is 39.3 Å². The minimum absolute atomic E-state index is 0.0511. The average molecular weight is 701 g/mol. The Bertz CT molecular complexity index is 1670. The third kappa shape index (κ3) is 8.88. The van der Waals surface area contributed by atoms with E-state index in [1.54, 1.807) is 12.0 Å². The van der Waals surface area contributed by atoms with Gasteiger partial charge < -0.3 is 33.5 Å². The maximum absolute atomic E-state index is 15.0. The first-order valence-corrected chi connectivity index (χ1v) is 18.9. The number of benzene rings is 2. The molecule has 2 atom stereocenters. The number of aromatic nitrogens is 1. The summed E-state index contributed by atoms with van der Waals surface area (Å²) in [5, 5.41) is 1.17. The van der Waals surface area contributed by atoms with Crippen LogP contribution in [0.1, 0.15) is 83.3 Å². The normalized spacial score (nSPS) is 20.0. The fraction of sp³-hybridized carbons (Fsp3) is 0.585. The van der Waals surface area contributed by atoms with Gasteiger partial charge in [0.2, 0.25) is 5.91 Å². The van der Waals surface area contributed by atoms with Crippen LogP contribution in [0.2, 0.25) is 0 Å². The zero-order valence-electron chi connectivity index (χ0n) is 31.1. The van der Waals surface area contributed by atoms with Crippen molar-refractivity contribution in [2.24, 2.45) is 11.8 Å². The summed E-state index contributed by atoms with van der Waals surface area (Å²) in [4.78, 5) is 46.9. The van der Waals surface area contributed by atoms with Crippen molar-refractivity contribution < 1.29 is 28.6 Å². The van der Waals surface area contributed by atoms with Crippen molar-refractivity contribution in [2.45, 2.75) is 96.9 Å². The molecule has 3 heterocycles. The van der Waals surface area contributed by atoms with Crippen LogP contribution in [-0.2, 0) is 36.9 Å². The van der Waals surface area contributed by atoms with Crippen molar-refractivity contribution in [1.82, 2.24) is 14.4 Å². The third-order valence-corrected chi connectivity index (χ3v) is 10.6. The average Bonchev–Trinajstić information content (AvgIpc) is 3.91. The SMILES string of the molecule is CCOC(=O)C1CCN(c2cccc([C@H]3CCN(C(=O)OC(C)(C)C)C[C@@H]3C(=O)N(Cc3cn(CCCOC)c4ccccc34)C3CC3)c2)CC1. The molecule has 2 saturated heterocycles. The van der Waals surface area contributed by atoms with Crippen molar-refractivity contribution in [1.29, 1.82) is 0 Å². The zero-order chi connectivity index (χ0) is 36.1. The van der Waals surface area contributed by atoms with Crippen molar-refractivity contribution in [2.75, 3.05) is 51.4 Å². The first-order valence-electron chi connectivity index (χ1n) is 18.9. The molecule has 6 rings (SSSR count). The predicted octanol–water partition coefficient (Wildman–Crippen LogP) is 6.99. The van der Waals surface area contributed by atoms with E-state index in [2.05, 4.69) is 69.1 Å². The number of carbonyl (C=O) groups is 3. The van der Waals surface area contributed by atoms with Crippen LogP contribution in [0.15, 0.2) is 54.7 Å². The lowest BCUT2D eigenvalue weighted by Crippen LogP contribution is -2.51. The second-order valence-electron chi connectivity index (χ2n) is 15.4. The summed E-state index contributed by atoms with van der Waals surface area (Å²) < 4.78 is 18.7. The molecule has 1 saturated carbocycles. The summed E-state index contributed by atoms with van der Waals surface area (Å²) in [5.74, 6) is -0.513. The lowest BCUT2D eigenvalue weighted by Gasteiger charge is -2.41. The topological polar surface area (TPSA) is 93.5 Å². The number of likely N-dealkylation sites (tertiary alicyclic amines) is 1. The Labute approximate surface area is 303 Å². The standard InChI is InChI=1S/C41H56N4O6/c1-6-50-39(47)29-17-21-42(22-18-29)33-12-9-11-30(25-33)34-19-23-44(40(48)51-41(2,3)4)28-36(34)38(46)45(32-15-16-32)27-31-26-43(20-10-24-49-5)37-14-8-7-13-35(31)37/h7-9,11-14,25-26,29,32,34,36H,6,10,15-24,27-28H2,1-5H3/t34-,36+/m1/s1. The summed E-state index contributed by atoms with van der Waals surface area (Å²) in [6.07, 6.45) is 6.92. The molecule has 2 aromatic carbocycles. The largest absolute Gasteiger partial charge is 0.466 e. The van der Waals surface area contributed by atoms with Gasteiger partial charge in [-0.25, -0.2) is 4.79 Å². The minimum atomic E-state index is -0.625. The number of aryl methyl sites for hydroxylation is 1. The fourth-order valence-corrected chi connectivity index (χ4v) is 7.86. The van der Waals surface area contributed by atoms with Crippen molar-refractivity contribution >= 4 is 34.6 Å². The maximum Gasteiger partial charge on any atom is 0.410 e. The van der Waals surface area contributed by atoms with Gasteiger partial charge in [-0.2, -0.15) is 0 Å². The quantitative estimate of drug-likeness (QED) is 0.149. The summed E-state index contributed by atoms with van der Waals surface area (Å²) in [5.41, 5.74) is 3.91. The van der Waals surface area contributed by atoms with Gasteiger partial charge in [0.05, 0.1) is 18.4 Å². The number of amides is 2. The highest BCUT2D eigenvalue weighted by molar-refractivity contribution is 5.86. The van der Waals surface area contributed by atoms with Gasteiger partial charge in [-0.15, -0.1) is 0 Å². The van der Waals surface area contributed by atoms with Gasteiger partial charge in [0.15, 0.2) is 0 Å². The Balaban J connectivity index is 1.26. The zero-order valence-corrected chi connectivity index (χ0v) is 31.1. The molecule has 10 heteroatoms. The Morgan fingerprint density at radius 1 is 0.941 bits per heavy atom. The molecule has 0 radical (unpaired) electrons. The van der Waals surface area contributed by atoms with Crippen LogP contribution in [-0.4, -0.2) is 90.5 Å². The van der Waals surface area contributed by atoms with Crippen LogP contribution < -0.4 is 4.90 Å². The number of rotatable bonds is 12. The van der Waals surface area contributed by atoms with E-state index < -0.39 is 11.5 Å². The third-order valence-electron chi connectivity index (χ3n) is 10.6. The highest BCUT2D eigenvalue weighted by Gasteiger charge is 2.43. The van der Waals surface area contributed by atoms with Gasteiger partial charge in [0.25, 0.3) is 0 Å². The predicted molar refractivity (Wildman–Crippen MR) is 199 cm³/mol. The van der Waals surface area contributed by atoms with Gasteiger partial charge >= 0.3 is 12.1 Å². The number of hydrogen-bond donors (Lipinski definition) is 0. The van der Waals surface area contributed by atoms with Gasteiger partial charge in [-0.3, -0.25) is 9.59 Å². The van der Waals surface area contributed by atoms with Crippen molar-refractivity contribution in [3.05, 3.63) is 65.9 Å². The molecule has 3 aliphatic rings. The number of carbonyl (C=O) groups excluding carboxylic acids is 3. The van der Waals surface area contributed by atoms with E-state index in [4.69, 9.17) is 14.2 Å². The number of fused-ring (bicyclic) bond motifs is 1. The molecule has 0 spiro atoms. The minimum Gasteiger partial charge on any atom is -0.466 e. The molecule has 276 valence electrons. The van der Waals surface area contributed by atoms with E-state index in [1.807, 2.05) is 27.7 Å². The highest BCUT2D eigenvalue weighted by atomic mass is 16.6. The summed E-state index contributed by atoms with van der Waals surface area (Å²) in [7, 11) is 1.73. The summed E-state index contributed by atoms with van der Waals surface area (Å²) in [6, 6.07) is 17.2. The molecule has 3 fully saturated rings. The number of piperidine rings is 2. The summed E-state index contributed by atoms with van der Waals surface area (Å²) >= 11 is 0. The molecule has 3 aromatic rings.